The van der Waals surface area contributed by atoms with Gasteiger partial charge in [0.15, 0.2) is 11.6 Å². The van der Waals surface area contributed by atoms with Crippen LogP contribution in [0.15, 0.2) is 89.3 Å². The van der Waals surface area contributed by atoms with E-state index in [0.717, 1.165) is 33.1 Å². The largest absolute Gasteiger partial charge is 0.456 e. The smallest absolute Gasteiger partial charge is 0.226 e. The topological polar surface area (TPSA) is 51.8 Å². The summed E-state index contributed by atoms with van der Waals surface area (Å²) in [5.74, 6) is 1.07. The number of furan rings is 1. The monoisotopic (exact) mass is 473 g/mol. The van der Waals surface area contributed by atoms with Crippen molar-refractivity contribution in [3.8, 4) is 33.9 Å². The summed E-state index contributed by atoms with van der Waals surface area (Å²) in [6, 6.07) is 28.9. The second-order valence-electron chi connectivity index (χ2n) is 9.46. The van der Waals surface area contributed by atoms with E-state index in [0.29, 0.717) is 11.6 Å². The Balaban J connectivity index is 1.51. The highest BCUT2D eigenvalue weighted by Crippen LogP contribution is 2.51. The predicted octanol–water partition coefficient (Wildman–Crippen LogP) is 8.06. The van der Waals surface area contributed by atoms with E-state index in [1.54, 1.807) is 0 Å². The fourth-order valence-electron chi connectivity index (χ4n) is 5.39. The molecule has 0 radical (unpaired) electrons. The summed E-state index contributed by atoms with van der Waals surface area (Å²) >= 11 is 6.37. The molecule has 0 saturated carbocycles. The molecule has 6 aromatic rings. The molecule has 0 bridgehead atoms. The summed E-state index contributed by atoms with van der Waals surface area (Å²) < 4.78 is 6.37. The first-order valence-corrected chi connectivity index (χ1v) is 12.0. The van der Waals surface area contributed by atoms with Gasteiger partial charge < -0.3 is 4.42 Å². The Morgan fingerprint density at radius 1 is 0.657 bits per heavy atom. The van der Waals surface area contributed by atoms with Gasteiger partial charge in [-0.25, -0.2) is 4.98 Å². The summed E-state index contributed by atoms with van der Waals surface area (Å²) in [5, 5.41) is 2.18. The highest BCUT2D eigenvalue weighted by molar-refractivity contribution is 6.28. The van der Waals surface area contributed by atoms with Crippen LogP contribution in [-0.2, 0) is 5.41 Å². The SMILES string of the molecule is CC1(C)c2ccccc2-c2cc3c(cc21)oc1cccc(-c2nc(Cl)nc(-c4ccccc4)n2)c13. The fraction of sp³-hybridized carbons (Fsp3) is 0.100. The van der Waals surface area contributed by atoms with Crippen LogP contribution in [0.3, 0.4) is 0 Å². The van der Waals surface area contributed by atoms with E-state index in [4.69, 9.17) is 21.0 Å². The molecule has 1 aliphatic rings. The van der Waals surface area contributed by atoms with Gasteiger partial charge in [-0.15, -0.1) is 0 Å². The molecule has 4 aromatic carbocycles. The molecule has 168 valence electrons. The van der Waals surface area contributed by atoms with Gasteiger partial charge >= 0.3 is 0 Å². The fourth-order valence-corrected chi connectivity index (χ4v) is 5.55. The van der Waals surface area contributed by atoms with Crippen molar-refractivity contribution in [3.63, 3.8) is 0 Å². The Bertz CT molecular complexity index is 1790. The van der Waals surface area contributed by atoms with Gasteiger partial charge in [0.05, 0.1) is 0 Å². The molecule has 7 rings (SSSR count). The third kappa shape index (κ3) is 2.96. The second kappa shape index (κ2) is 7.24. The third-order valence-corrected chi connectivity index (χ3v) is 7.25. The summed E-state index contributed by atoms with van der Waals surface area (Å²) in [4.78, 5) is 13.7. The number of fused-ring (bicyclic) bond motifs is 6. The molecule has 0 unspecified atom stereocenters. The van der Waals surface area contributed by atoms with E-state index < -0.39 is 0 Å². The zero-order chi connectivity index (χ0) is 23.7. The van der Waals surface area contributed by atoms with Crippen LogP contribution < -0.4 is 0 Å². The molecule has 5 heteroatoms. The van der Waals surface area contributed by atoms with E-state index in [9.17, 15) is 0 Å². The first-order chi connectivity index (χ1) is 17.0. The Morgan fingerprint density at radius 2 is 1.40 bits per heavy atom. The van der Waals surface area contributed by atoms with Crippen LogP contribution in [0.2, 0.25) is 5.28 Å². The van der Waals surface area contributed by atoms with Crippen LogP contribution in [0.25, 0.3) is 55.8 Å². The van der Waals surface area contributed by atoms with Crippen LogP contribution in [0.4, 0.5) is 0 Å². The average molecular weight is 474 g/mol. The number of hydrogen-bond donors (Lipinski definition) is 0. The Hall–Kier alpha value is -4.02. The van der Waals surface area contributed by atoms with Crippen LogP contribution in [0.5, 0.6) is 0 Å². The van der Waals surface area contributed by atoms with Gasteiger partial charge in [-0.3, -0.25) is 0 Å². The van der Waals surface area contributed by atoms with E-state index >= 15 is 0 Å². The molecular weight excluding hydrogens is 454 g/mol. The maximum Gasteiger partial charge on any atom is 0.226 e. The molecule has 0 atom stereocenters. The first kappa shape index (κ1) is 20.4. The van der Waals surface area contributed by atoms with Gasteiger partial charge in [-0.1, -0.05) is 80.6 Å². The lowest BCUT2D eigenvalue weighted by Gasteiger charge is -2.21. The molecule has 0 amide bonds. The lowest BCUT2D eigenvalue weighted by Crippen LogP contribution is -2.14. The summed E-state index contributed by atoms with van der Waals surface area (Å²) in [7, 11) is 0. The lowest BCUT2D eigenvalue weighted by atomic mass is 9.82. The van der Waals surface area contributed by atoms with E-state index in [2.05, 4.69) is 60.2 Å². The molecule has 0 N–H and O–H groups in total. The van der Waals surface area contributed by atoms with Crippen molar-refractivity contribution in [2.45, 2.75) is 19.3 Å². The van der Waals surface area contributed by atoms with Gasteiger partial charge in [0.25, 0.3) is 0 Å². The van der Waals surface area contributed by atoms with Crippen molar-refractivity contribution < 1.29 is 4.42 Å². The molecule has 0 saturated heterocycles. The van der Waals surface area contributed by atoms with Crippen LogP contribution in [0.1, 0.15) is 25.0 Å². The minimum atomic E-state index is -0.0890. The number of halogens is 1. The maximum absolute atomic E-state index is 6.37. The maximum atomic E-state index is 6.37. The summed E-state index contributed by atoms with van der Waals surface area (Å²) in [6.45, 7) is 4.55. The molecule has 1 aliphatic carbocycles. The number of rotatable bonds is 2. The van der Waals surface area contributed by atoms with Crippen molar-refractivity contribution in [1.29, 1.82) is 0 Å². The molecule has 2 heterocycles. The lowest BCUT2D eigenvalue weighted by molar-refractivity contribution is 0.647. The van der Waals surface area contributed by atoms with Crippen molar-refractivity contribution in [2.75, 3.05) is 0 Å². The van der Waals surface area contributed by atoms with Crippen molar-refractivity contribution in [2.24, 2.45) is 0 Å². The average Bonchev–Trinajstić information content (AvgIpc) is 3.35. The van der Waals surface area contributed by atoms with Crippen molar-refractivity contribution in [1.82, 2.24) is 15.0 Å². The van der Waals surface area contributed by atoms with Crippen LogP contribution in [-0.4, -0.2) is 15.0 Å². The normalized spacial score (nSPS) is 13.8. The quantitative estimate of drug-likeness (QED) is 0.255. The van der Waals surface area contributed by atoms with Crippen LogP contribution in [0, 0.1) is 0 Å². The highest BCUT2D eigenvalue weighted by atomic mass is 35.5. The number of benzene rings is 4. The zero-order valence-corrected chi connectivity index (χ0v) is 20.0. The minimum Gasteiger partial charge on any atom is -0.456 e. The van der Waals surface area contributed by atoms with E-state index in [1.807, 2.05) is 48.5 Å². The van der Waals surface area contributed by atoms with E-state index in [1.165, 1.54) is 22.3 Å². The second-order valence-corrected chi connectivity index (χ2v) is 9.80. The molecule has 35 heavy (non-hydrogen) atoms. The van der Waals surface area contributed by atoms with Gasteiger partial charge in [-0.2, -0.15) is 9.97 Å². The number of aromatic nitrogens is 3. The summed E-state index contributed by atoms with van der Waals surface area (Å²) in [5.41, 5.74) is 8.46. The standard InChI is InChI=1S/C30H20ClN3O/c1-30(2)22-13-7-6-11-18(22)20-15-21-25(16-23(20)30)35-24-14-8-12-19(26(21)24)28-32-27(33-29(31)34-28)17-9-4-3-5-10-17/h3-16H,1-2H3. The molecule has 2 aromatic heterocycles. The van der Waals surface area contributed by atoms with Gasteiger partial charge in [0.1, 0.15) is 11.2 Å². The molecular formula is C30H20ClN3O. The van der Waals surface area contributed by atoms with Crippen molar-refractivity contribution >= 4 is 33.5 Å². The predicted molar refractivity (Wildman–Crippen MR) is 141 cm³/mol. The van der Waals surface area contributed by atoms with E-state index in [-0.39, 0.29) is 10.7 Å². The molecule has 0 fully saturated rings. The summed E-state index contributed by atoms with van der Waals surface area (Å²) in [6.07, 6.45) is 0. The Labute approximate surface area is 207 Å². The Morgan fingerprint density at radius 3 is 2.26 bits per heavy atom. The Kier molecular flexibility index (Phi) is 4.21. The van der Waals surface area contributed by atoms with Gasteiger partial charge in [0, 0.05) is 27.3 Å². The van der Waals surface area contributed by atoms with Gasteiger partial charge in [0.2, 0.25) is 5.28 Å². The molecule has 0 aliphatic heterocycles. The third-order valence-electron chi connectivity index (χ3n) is 7.08. The van der Waals surface area contributed by atoms with Crippen LogP contribution >= 0.6 is 11.6 Å². The molecule has 0 spiro atoms. The minimum absolute atomic E-state index is 0.0890. The zero-order valence-electron chi connectivity index (χ0n) is 19.2. The number of hydrogen-bond acceptors (Lipinski definition) is 4. The van der Waals surface area contributed by atoms with Gasteiger partial charge in [-0.05, 0) is 52.1 Å². The molecule has 4 nitrogen and oxygen atoms in total. The van der Waals surface area contributed by atoms with Crippen molar-refractivity contribution in [3.05, 3.63) is 101 Å². The first-order valence-electron chi connectivity index (χ1n) is 11.6. The number of nitrogens with zero attached hydrogens (tertiary/aromatic N) is 3. The highest BCUT2D eigenvalue weighted by Gasteiger charge is 2.36.